The van der Waals surface area contributed by atoms with Crippen LogP contribution in [0.1, 0.15) is 24.9 Å². The van der Waals surface area contributed by atoms with Crippen molar-refractivity contribution in [2.45, 2.75) is 29.6 Å². The molecule has 4 saturated heterocycles. The first kappa shape index (κ1) is 16.5. The minimum absolute atomic E-state index is 0.105. The van der Waals surface area contributed by atoms with Gasteiger partial charge in [0.1, 0.15) is 0 Å². The third-order valence-corrected chi connectivity index (χ3v) is 8.38. The summed E-state index contributed by atoms with van der Waals surface area (Å²) in [5.74, 6) is 0.235. The van der Waals surface area contributed by atoms with Crippen LogP contribution in [0, 0.1) is 16.7 Å². The van der Waals surface area contributed by atoms with Crippen LogP contribution in [0.5, 0.6) is 5.88 Å². The molecule has 4 aliphatic heterocycles. The summed E-state index contributed by atoms with van der Waals surface area (Å²) in [6, 6.07) is 5.37. The van der Waals surface area contributed by atoms with Crippen molar-refractivity contribution in [3.05, 3.63) is 23.9 Å². The lowest BCUT2D eigenvalue weighted by Gasteiger charge is -2.52. The van der Waals surface area contributed by atoms with E-state index in [0.717, 1.165) is 5.56 Å². The van der Waals surface area contributed by atoms with Gasteiger partial charge < -0.3 is 14.5 Å². The largest absolute Gasteiger partial charge is 0.481 e. The second-order valence-corrected chi connectivity index (χ2v) is 9.24. The highest BCUT2D eigenvalue weighted by Gasteiger charge is 2.71. The lowest BCUT2D eigenvalue weighted by molar-refractivity contribution is -0.158. The van der Waals surface area contributed by atoms with Gasteiger partial charge in [0.25, 0.3) is 11.8 Å². The number of piperazine rings is 1. The number of nitrogens with zero attached hydrogens (tertiary/aromatic N) is 4. The molecule has 0 aliphatic carbocycles. The molecule has 3 unspecified atom stereocenters. The van der Waals surface area contributed by atoms with Crippen molar-refractivity contribution in [3.8, 4) is 11.9 Å². The number of hydrogen-bond acceptors (Lipinski definition) is 7. The number of rotatable bonds is 2. The fraction of sp³-hybridized carbons (Fsp3) is 0.500. The van der Waals surface area contributed by atoms with Crippen LogP contribution < -0.4 is 4.74 Å². The minimum Gasteiger partial charge on any atom is -0.481 e. The van der Waals surface area contributed by atoms with Crippen LogP contribution in [-0.2, 0) is 9.59 Å². The van der Waals surface area contributed by atoms with E-state index in [-0.39, 0.29) is 11.8 Å². The lowest BCUT2D eigenvalue weighted by atomic mass is 9.80. The van der Waals surface area contributed by atoms with Gasteiger partial charge in [-0.1, -0.05) is 21.6 Å². The normalized spacial score (nSPS) is 36.4. The van der Waals surface area contributed by atoms with Gasteiger partial charge in [-0.2, -0.15) is 5.26 Å². The molecular weight excluding hydrogens is 360 g/mol. The highest BCUT2D eigenvalue weighted by Crippen LogP contribution is 2.66. The van der Waals surface area contributed by atoms with E-state index >= 15 is 0 Å². The van der Waals surface area contributed by atoms with Crippen molar-refractivity contribution in [2.24, 2.45) is 5.41 Å². The fourth-order valence-corrected chi connectivity index (χ4v) is 7.49. The third kappa shape index (κ3) is 1.98. The van der Waals surface area contributed by atoms with Gasteiger partial charge in [0.05, 0.1) is 24.6 Å². The maximum Gasteiger partial charge on any atom is 0.261 e. The smallest absolute Gasteiger partial charge is 0.261 e. The first-order valence-electron chi connectivity index (χ1n) is 7.74. The van der Waals surface area contributed by atoms with Crippen LogP contribution in [0.3, 0.4) is 0 Å². The highest BCUT2D eigenvalue weighted by atomic mass is 33.1. The minimum atomic E-state index is -1.03. The Labute approximate surface area is 153 Å². The summed E-state index contributed by atoms with van der Waals surface area (Å²) in [5.41, 5.74) is -0.140. The van der Waals surface area contributed by atoms with Crippen molar-refractivity contribution in [3.63, 3.8) is 0 Å². The Morgan fingerprint density at radius 2 is 2.20 bits per heavy atom. The molecule has 5 rings (SSSR count). The number of aromatic nitrogens is 1. The molecule has 0 N–H and O–H groups in total. The number of amides is 2. The second-order valence-electron chi connectivity index (χ2n) is 6.68. The summed E-state index contributed by atoms with van der Waals surface area (Å²) in [4.78, 5) is 32.4. The second kappa shape index (κ2) is 5.29. The number of hydrogen-bond donors (Lipinski definition) is 0. The predicted octanol–water partition coefficient (Wildman–Crippen LogP) is 1.78. The topological polar surface area (TPSA) is 86.5 Å². The zero-order chi connectivity index (χ0) is 18.0. The average molecular weight is 376 g/mol. The molecule has 4 fully saturated rings. The number of methoxy groups -OCH3 is 1. The average Bonchev–Trinajstić information content (AvgIpc) is 2.91. The van der Waals surface area contributed by atoms with Crippen LogP contribution in [0.4, 0.5) is 0 Å². The molecular formula is C16H16N4O3S2. The van der Waals surface area contributed by atoms with Crippen molar-refractivity contribution >= 4 is 33.4 Å². The van der Waals surface area contributed by atoms with Gasteiger partial charge in [0.15, 0.2) is 10.2 Å². The number of fused-ring (bicyclic) bond motifs is 2. The Hall–Kier alpha value is -1.92. The van der Waals surface area contributed by atoms with E-state index in [4.69, 9.17) is 4.74 Å². The van der Waals surface area contributed by atoms with Crippen LogP contribution in [0.2, 0.25) is 0 Å². The van der Waals surface area contributed by atoms with E-state index in [1.807, 2.05) is 13.0 Å². The Bertz CT molecular complexity index is 811. The summed E-state index contributed by atoms with van der Waals surface area (Å²) in [5, 5.41) is 9.35. The predicted molar refractivity (Wildman–Crippen MR) is 93.2 cm³/mol. The third-order valence-electron chi connectivity index (χ3n) is 5.13. The molecule has 0 radical (unpaired) electrons. The van der Waals surface area contributed by atoms with E-state index in [1.165, 1.54) is 33.6 Å². The van der Waals surface area contributed by atoms with Crippen molar-refractivity contribution in [1.29, 1.82) is 5.26 Å². The molecule has 1 aromatic rings. The highest BCUT2D eigenvalue weighted by molar-refractivity contribution is 8.78. The number of carbonyl (C=O) groups is 2. The molecule has 1 spiro atoms. The molecule has 4 atom stereocenters. The summed E-state index contributed by atoms with van der Waals surface area (Å²) in [6.45, 7) is 1.81. The SMILES string of the molecule is COc1ccc(C2N3C(=O)C4SSC3(C[C@]2(C)C#N)C(=O)N4C)cn1. The van der Waals surface area contributed by atoms with Crippen LogP contribution in [0.15, 0.2) is 18.3 Å². The van der Waals surface area contributed by atoms with Crippen LogP contribution >= 0.6 is 21.6 Å². The van der Waals surface area contributed by atoms with E-state index in [1.54, 1.807) is 24.2 Å². The summed E-state index contributed by atoms with van der Waals surface area (Å²) < 4.78 is 5.09. The Morgan fingerprint density at radius 1 is 1.44 bits per heavy atom. The monoisotopic (exact) mass is 376 g/mol. The standard InChI is InChI=1S/C16H16N4O3S2/c1-15(8-17)7-16-14(22)19(2)13(24-25-16)12(21)20(16)11(15)9-4-5-10(23-3)18-6-9/h4-6,11,13H,7H2,1-3H3/t11?,13?,15-,16?/m1/s1. The Kier molecular flexibility index (Phi) is 3.50. The van der Waals surface area contributed by atoms with Crippen LogP contribution in [-0.4, -0.2) is 51.0 Å². The van der Waals surface area contributed by atoms with Gasteiger partial charge in [0.2, 0.25) is 5.88 Å². The van der Waals surface area contributed by atoms with Gasteiger partial charge in [-0.15, -0.1) is 0 Å². The molecule has 7 nitrogen and oxygen atoms in total. The number of carbonyl (C=O) groups excluding carboxylic acids is 2. The molecule has 130 valence electrons. The van der Waals surface area contributed by atoms with Crippen molar-refractivity contribution in [1.82, 2.24) is 14.8 Å². The number of likely N-dealkylation sites (N-methyl/N-ethyl adjacent to an activating group) is 1. The van der Waals surface area contributed by atoms with Crippen molar-refractivity contribution in [2.75, 3.05) is 14.2 Å². The van der Waals surface area contributed by atoms with Gasteiger partial charge in [0, 0.05) is 25.7 Å². The molecule has 5 heterocycles. The molecule has 2 bridgehead atoms. The Morgan fingerprint density at radius 3 is 2.80 bits per heavy atom. The quantitative estimate of drug-likeness (QED) is 0.727. The maximum absolute atomic E-state index is 13.1. The number of pyridine rings is 1. The summed E-state index contributed by atoms with van der Waals surface area (Å²) in [7, 11) is 5.99. The Balaban J connectivity index is 1.87. The molecule has 0 aromatic carbocycles. The maximum atomic E-state index is 13.1. The molecule has 25 heavy (non-hydrogen) atoms. The zero-order valence-electron chi connectivity index (χ0n) is 13.9. The fourth-order valence-electron chi connectivity index (χ4n) is 3.95. The van der Waals surface area contributed by atoms with E-state index in [2.05, 4.69) is 11.1 Å². The van der Waals surface area contributed by atoms with Crippen molar-refractivity contribution < 1.29 is 14.3 Å². The van der Waals surface area contributed by atoms with Gasteiger partial charge >= 0.3 is 0 Å². The van der Waals surface area contributed by atoms with E-state index in [0.29, 0.717) is 12.3 Å². The van der Waals surface area contributed by atoms with E-state index in [9.17, 15) is 14.9 Å². The molecule has 2 amide bonds. The summed E-state index contributed by atoms with van der Waals surface area (Å²) in [6.07, 6.45) is 1.92. The van der Waals surface area contributed by atoms with Gasteiger partial charge in [-0.3, -0.25) is 9.59 Å². The van der Waals surface area contributed by atoms with Gasteiger partial charge in [-0.05, 0) is 18.6 Å². The van der Waals surface area contributed by atoms with E-state index < -0.39 is 21.7 Å². The van der Waals surface area contributed by atoms with Gasteiger partial charge in [-0.25, -0.2) is 4.98 Å². The number of ether oxygens (including phenoxy) is 1. The van der Waals surface area contributed by atoms with Crippen LogP contribution in [0.25, 0.3) is 0 Å². The first-order chi connectivity index (χ1) is 11.9. The summed E-state index contributed by atoms with van der Waals surface area (Å²) >= 11 is 0. The molecule has 9 heteroatoms. The zero-order valence-corrected chi connectivity index (χ0v) is 15.6. The number of nitriles is 1. The molecule has 0 saturated carbocycles. The first-order valence-corrected chi connectivity index (χ1v) is 9.95. The molecule has 4 aliphatic rings. The molecule has 1 aromatic heterocycles. The lowest BCUT2D eigenvalue weighted by Crippen LogP contribution is -2.69.